The number of fused-ring (bicyclic) bond motifs is 1. The molecule has 0 spiro atoms. The molecule has 0 bridgehead atoms. The second kappa shape index (κ2) is 13.7. The van der Waals surface area contributed by atoms with Crippen LogP contribution in [-0.4, -0.2) is 60.2 Å². The van der Waals surface area contributed by atoms with E-state index in [1.54, 1.807) is 18.0 Å². The lowest BCUT2D eigenvalue weighted by molar-refractivity contribution is -0.134. The minimum Gasteiger partial charge on any atom is -0.491 e. The van der Waals surface area contributed by atoms with Crippen molar-refractivity contribution in [1.29, 1.82) is 0 Å². The van der Waals surface area contributed by atoms with Crippen LogP contribution in [0.4, 0.5) is 0 Å². The van der Waals surface area contributed by atoms with Gasteiger partial charge in [0.25, 0.3) is 0 Å². The molecule has 3 aromatic carbocycles. The fourth-order valence-electron chi connectivity index (χ4n) is 4.16. The largest absolute Gasteiger partial charge is 0.491 e. The Hall–Kier alpha value is -3.68. The Balaban J connectivity index is 1.74. The van der Waals surface area contributed by atoms with E-state index in [-0.39, 0.29) is 25.0 Å². The van der Waals surface area contributed by atoms with Crippen LogP contribution >= 0.6 is 0 Å². The van der Waals surface area contributed by atoms with Gasteiger partial charge in [-0.25, -0.2) is 0 Å². The van der Waals surface area contributed by atoms with Gasteiger partial charge in [0.2, 0.25) is 11.8 Å². The van der Waals surface area contributed by atoms with Gasteiger partial charge in [-0.15, -0.1) is 0 Å². The number of hydrogen-bond acceptors (Lipinski definition) is 5. The Bertz CT molecular complexity index is 1250. The summed E-state index contributed by atoms with van der Waals surface area (Å²) < 4.78 is 5.63. The van der Waals surface area contributed by atoms with E-state index in [0.29, 0.717) is 31.6 Å². The first-order chi connectivity index (χ1) is 18.2. The van der Waals surface area contributed by atoms with Gasteiger partial charge in [-0.2, -0.15) is 0 Å². The van der Waals surface area contributed by atoms with Crippen LogP contribution in [-0.2, 0) is 22.4 Å². The fourth-order valence-corrected chi connectivity index (χ4v) is 4.16. The van der Waals surface area contributed by atoms with Gasteiger partial charge in [-0.1, -0.05) is 66.7 Å². The summed E-state index contributed by atoms with van der Waals surface area (Å²) in [7, 11) is 1.74. The number of nitrogens with zero attached hydrogens (tertiary/aromatic N) is 1. The molecule has 0 saturated heterocycles. The molecule has 3 aromatic rings. The van der Waals surface area contributed by atoms with E-state index < -0.39 is 11.6 Å². The Labute approximate surface area is 225 Å². The Morgan fingerprint density at radius 3 is 2.53 bits per heavy atom. The van der Waals surface area contributed by atoms with Crippen LogP contribution in [0.15, 0.2) is 78.9 Å². The number of carbonyl (C=O) groups is 2. The number of aliphatic hydroxyl groups excluding tert-OH is 1. The SMILES string of the molecule is CN(CCc1ccccc1OCCO)C(=O)[C@@H](Cc1ccc2ccccc2c1)NC(=O)/C=C/CC(C)(C)N. The molecule has 7 heteroatoms. The second-order valence-electron chi connectivity index (χ2n) is 10.2. The molecule has 0 unspecified atom stereocenters. The van der Waals surface area contributed by atoms with Gasteiger partial charge >= 0.3 is 0 Å². The number of benzene rings is 3. The number of likely N-dealkylation sites (N-methyl/N-ethyl adjacent to an activating group) is 1. The minimum atomic E-state index is -0.731. The predicted molar refractivity (Wildman–Crippen MR) is 152 cm³/mol. The van der Waals surface area contributed by atoms with Gasteiger partial charge < -0.3 is 25.8 Å². The van der Waals surface area contributed by atoms with E-state index in [0.717, 1.165) is 21.9 Å². The normalized spacial score (nSPS) is 12.4. The quantitative estimate of drug-likeness (QED) is 0.301. The summed E-state index contributed by atoms with van der Waals surface area (Å²) in [6.45, 7) is 4.37. The number of carbonyl (C=O) groups excluding carboxylic acids is 2. The molecule has 0 aliphatic carbocycles. The second-order valence-corrected chi connectivity index (χ2v) is 10.2. The average molecular weight is 518 g/mol. The average Bonchev–Trinajstić information content (AvgIpc) is 2.89. The fraction of sp³-hybridized carbons (Fsp3) is 0.355. The van der Waals surface area contributed by atoms with Crippen molar-refractivity contribution < 1.29 is 19.4 Å². The zero-order valence-corrected chi connectivity index (χ0v) is 22.5. The highest BCUT2D eigenvalue weighted by atomic mass is 16.5. The smallest absolute Gasteiger partial charge is 0.245 e. The number of amides is 2. The van der Waals surface area contributed by atoms with Crippen LogP contribution in [0, 0.1) is 0 Å². The van der Waals surface area contributed by atoms with E-state index in [1.165, 1.54) is 6.08 Å². The molecule has 1 atom stereocenters. The van der Waals surface area contributed by atoms with Crippen molar-refractivity contribution in [2.45, 2.75) is 44.7 Å². The molecule has 0 fully saturated rings. The van der Waals surface area contributed by atoms with Gasteiger partial charge in [0, 0.05) is 25.6 Å². The monoisotopic (exact) mass is 517 g/mol. The Kier molecular flexibility index (Phi) is 10.4. The van der Waals surface area contributed by atoms with Crippen LogP contribution in [0.1, 0.15) is 31.4 Å². The third-order valence-electron chi connectivity index (χ3n) is 6.20. The molecular weight excluding hydrogens is 478 g/mol. The van der Waals surface area contributed by atoms with Gasteiger partial charge in [0.15, 0.2) is 0 Å². The zero-order chi connectivity index (χ0) is 27.5. The van der Waals surface area contributed by atoms with Crippen molar-refractivity contribution in [3.63, 3.8) is 0 Å². The third kappa shape index (κ3) is 9.01. The van der Waals surface area contributed by atoms with Crippen molar-refractivity contribution >= 4 is 22.6 Å². The van der Waals surface area contributed by atoms with Crippen molar-refractivity contribution in [3.8, 4) is 5.75 Å². The number of ether oxygens (including phenoxy) is 1. The summed E-state index contributed by atoms with van der Waals surface area (Å²) in [6.07, 6.45) is 4.67. The van der Waals surface area contributed by atoms with Crippen molar-refractivity contribution in [2.75, 3.05) is 26.8 Å². The van der Waals surface area contributed by atoms with E-state index in [4.69, 9.17) is 15.6 Å². The lowest BCUT2D eigenvalue weighted by Gasteiger charge is -2.25. The standard InChI is InChI=1S/C31H39N3O4/c1-31(2,32)17-8-13-29(36)33-27(22-23-14-15-24-9-4-5-11-26(24)21-23)30(37)34(3)18-16-25-10-6-7-12-28(25)38-20-19-35/h4-15,21,27,35H,16-20,22,32H2,1-3H3,(H,33,36)/b13-8+/t27-/m1/s1. The molecule has 4 N–H and O–H groups in total. The Morgan fingerprint density at radius 1 is 1.08 bits per heavy atom. The number of rotatable bonds is 13. The first-order valence-corrected chi connectivity index (χ1v) is 13.0. The summed E-state index contributed by atoms with van der Waals surface area (Å²) in [5.74, 6) is 0.189. The minimum absolute atomic E-state index is 0.0693. The summed E-state index contributed by atoms with van der Waals surface area (Å²) in [4.78, 5) is 27.9. The lowest BCUT2D eigenvalue weighted by Crippen LogP contribution is -2.48. The predicted octanol–water partition coefficient (Wildman–Crippen LogP) is 3.62. The van der Waals surface area contributed by atoms with Crippen molar-refractivity contribution in [3.05, 3.63) is 90.0 Å². The van der Waals surface area contributed by atoms with Crippen LogP contribution in [0.3, 0.4) is 0 Å². The molecule has 0 aromatic heterocycles. The van der Waals surface area contributed by atoms with Gasteiger partial charge in [0.05, 0.1) is 6.61 Å². The molecule has 2 amide bonds. The summed E-state index contributed by atoms with van der Waals surface area (Å²) in [5.41, 5.74) is 7.50. The highest BCUT2D eigenvalue weighted by molar-refractivity contribution is 5.93. The highest BCUT2D eigenvalue weighted by Gasteiger charge is 2.24. The molecule has 0 heterocycles. The molecule has 0 aliphatic heterocycles. The topological polar surface area (TPSA) is 105 Å². The number of para-hydroxylation sites is 1. The maximum Gasteiger partial charge on any atom is 0.245 e. The van der Waals surface area contributed by atoms with Crippen LogP contribution in [0.2, 0.25) is 0 Å². The molecule has 38 heavy (non-hydrogen) atoms. The summed E-state index contributed by atoms with van der Waals surface area (Å²) in [6, 6.07) is 21.0. The summed E-state index contributed by atoms with van der Waals surface area (Å²) >= 11 is 0. The first kappa shape index (κ1) is 28.9. The van der Waals surface area contributed by atoms with E-state index >= 15 is 0 Å². The maximum atomic E-state index is 13.6. The molecular formula is C31H39N3O4. The first-order valence-electron chi connectivity index (χ1n) is 13.0. The van der Waals surface area contributed by atoms with Crippen LogP contribution in [0.25, 0.3) is 10.8 Å². The lowest BCUT2D eigenvalue weighted by atomic mass is 10.0. The number of nitrogens with two attached hydrogens (primary N) is 1. The van der Waals surface area contributed by atoms with Gasteiger partial charge in [-0.3, -0.25) is 9.59 Å². The highest BCUT2D eigenvalue weighted by Crippen LogP contribution is 2.20. The molecule has 202 valence electrons. The Morgan fingerprint density at radius 2 is 1.79 bits per heavy atom. The van der Waals surface area contributed by atoms with E-state index in [9.17, 15) is 9.59 Å². The van der Waals surface area contributed by atoms with Crippen LogP contribution < -0.4 is 15.8 Å². The van der Waals surface area contributed by atoms with E-state index in [1.807, 2.05) is 74.5 Å². The molecule has 0 aliphatic rings. The number of nitrogens with one attached hydrogen (secondary N) is 1. The maximum absolute atomic E-state index is 13.6. The number of hydrogen-bond donors (Lipinski definition) is 3. The molecule has 7 nitrogen and oxygen atoms in total. The van der Waals surface area contributed by atoms with Gasteiger partial charge in [0.1, 0.15) is 18.4 Å². The zero-order valence-electron chi connectivity index (χ0n) is 22.5. The van der Waals surface area contributed by atoms with Crippen LogP contribution in [0.5, 0.6) is 5.75 Å². The van der Waals surface area contributed by atoms with E-state index in [2.05, 4.69) is 11.4 Å². The molecule has 0 saturated carbocycles. The van der Waals surface area contributed by atoms with Gasteiger partial charge in [-0.05, 0) is 60.7 Å². The molecule has 0 radical (unpaired) electrons. The number of aliphatic hydroxyl groups is 1. The summed E-state index contributed by atoms with van der Waals surface area (Å²) in [5, 5.41) is 14.2. The molecule has 3 rings (SSSR count). The van der Waals surface area contributed by atoms with Crippen molar-refractivity contribution in [1.82, 2.24) is 10.2 Å². The van der Waals surface area contributed by atoms with Crippen molar-refractivity contribution in [2.24, 2.45) is 5.73 Å². The third-order valence-corrected chi connectivity index (χ3v) is 6.20.